The lowest BCUT2D eigenvalue weighted by atomic mass is 10.3. The van der Waals surface area contributed by atoms with E-state index in [0.29, 0.717) is 21.2 Å². The highest BCUT2D eigenvalue weighted by Crippen LogP contribution is 2.40. The third-order valence-electron chi connectivity index (χ3n) is 2.69. The summed E-state index contributed by atoms with van der Waals surface area (Å²) in [6.45, 7) is 2.73. The van der Waals surface area contributed by atoms with Crippen molar-refractivity contribution in [3.63, 3.8) is 0 Å². The molecule has 0 radical (unpaired) electrons. The number of rotatable bonds is 5. The van der Waals surface area contributed by atoms with Crippen LogP contribution in [0.25, 0.3) is 0 Å². The number of nitrogens with one attached hydrogen (secondary N) is 2. The van der Waals surface area contributed by atoms with Gasteiger partial charge < -0.3 is 5.32 Å². The van der Waals surface area contributed by atoms with Gasteiger partial charge in [-0.2, -0.15) is 0 Å². The molecule has 2 heterocycles. The van der Waals surface area contributed by atoms with Crippen LogP contribution in [0.4, 0.5) is 10.3 Å². The van der Waals surface area contributed by atoms with Crippen LogP contribution < -0.4 is 10.6 Å². The van der Waals surface area contributed by atoms with E-state index in [1.165, 1.54) is 35.5 Å². The molecular weight excluding hydrogens is 282 g/mol. The molecule has 2 N–H and O–H groups in total. The maximum absolute atomic E-state index is 12.0. The smallest absolute Gasteiger partial charge is 0.288 e. The summed E-state index contributed by atoms with van der Waals surface area (Å²) < 4.78 is 0. The number of aromatic nitrogens is 3. The van der Waals surface area contributed by atoms with Crippen LogP contribution in [0.2, 0.25) is 0 Å². The summed E-state index contributed by atoms with van der Waals surface area (Å²) in [6, 6.07) is 0. The van der Waals surface area contributed by atoms with Crippen molar-refractivity contribution < 1.29 is 4.79 Å². The Morgan fingerprint density at radius 3 is 3.00 bits per heavy atom. The summed E-state index contributed by atoms with van der Waals surface area (Å²) in [5.41, 5.74) is 1.09. The molecule has 2 aromatic rings. The van der Waals surface area contributed by atoms with Crippen LogP contribution in [0.5, 0.6) is 0 Å². The van der Waals surface area contributed by atoms with Gasteiger partial charge in [0.1, 0.15) is 0 Å². The molecule has 0 aromatic carbocycles. The predicted molar refractivity (Wildman–Crippen MR) is 76.1 cm³/mol. The van der Waals surface area contributed by atoms with Gasteiger partial charge in [0.15, 0.2) is 5.13 Å². The van der Waals surface area contributed by atoms with E-state index in [1.54, 1.807) is 0 Å². The first kappa shape index (κ1) is 12.5. The van der Waals surface area contributed by atoms with Crippen LogP contribution in [0.1, 0.15) is 41.2 Å². The van der Waals surface area contributed by atoms with Crippen molar-refractivity contribution in [2.45, 2.75) is 25.7 Å². The largest absolute Gasteiger partial charge is 0.360 e. The van der Waals surface area contributed by atoms with Crippen molar-refractivity contribution in [1.29, 1.82) is 0 Å². The predicted octanol–water partition coefficient (Wildman–Crippen LogP) is 2.56. The lowest BCUT2D eigenvalue weighted by Gasteiger charge is -1.96. The van der Waals surface area contributed by atoms with E-state index < -0.39 is 0 Å². The molecule has 6 nitrogen and oxygen atoms in total. The first-order valence-corrected chi connectivity index (χ1v) is 7.80. The molecule has 1 aliphatic carbocycles. The summed E-state index contributed by atoms with van der Waals surface area (Å²) in [5.74, 6) is 0.349. The zero-order chi connectivity index (χ0) is 13.2. The Morgan fingerprint density at radius 1 is 1.42 bits per heavy atom. The maximum Gasteiger partial charge on any atom is 0.288 e. The van der Waals surface area contributed by atoms with E-state index in [1.807, 2.05) is 12.3 Å². The Hall–Kier alpha value is -1.54. The molecule has 1 aliphatic rings. The Labute approximate surface area is 118 Å². The molecule has 1 fully saturated rings. The SMILES string of the molecule is CCNc1nnc(C(=O)Nc2nc(C3CC3)cs2)s1. The quantitative estimate of drug-likeness (QED) is 0.886. The van der Waals surface area contributed by atoms with E-state index in [9.17, 15) is 4.79 Å². The van der Waals surface area contributed by atoms with Gasteiger partial charge in [0.05, 0.1) is 5.69 Å². The van der Waals surface area contributed by atoms with Gasteiger partial charge in [-0.1, -0.05) is 11.3 Å². The second-order valence-corrected chi connectivity index (χ2v) is 6.08. The summed E-state index contributed by atoms with van der Waals surface area (Å²) in [5, 5.41) is 17.2. The Bertz CT molecular complexity index is 589. The van der Waals surface area contributed by atoms with Crippen LogP contribution in [0.15, 0.2) is 5.38 Å². The van der Waals surface area contributed by atoms with Crippen molar-refractivity contribution in [1.82, 2.24) is 15.2 Å². The Kier molecular flexibility index (Phi) is 3.43. The highest BCUT2D eigenvalue weighted by Gasteiger charge is 2.26. The monoisotopic (exact) mass is 295 g/mol. The number of nitrogens with zero attached hydrogens (tertiary/aromatic N) is 3. The fourth-order valence-corrected chi connectivity index (χ4v) is 3.09. The highest BCUT2D eigenvalue weighted by molar-refractivity contribution is 7.17. The van der Waals surface area contributed by atoms with Gasteiger partial charge >= 0.3 is 0 Å². The topological polar surface area (TPSA) is 79.8 Å². The van der Waals surface area contributed by atoms with Gasteiger partial charge in [-0.25, -0.2) is 4.98 Å². The minimum absolute atomic E-state index is 0.252. The number of amides is 1. The van der Waals surface area contributed by atoms with E-state index in [-0.39, 0.29) is 5.91 Å². The van der Waals surface area contributed by atoms with Crippen molar-refractivity contribution in [3.05, 3.63) is 16.1 Å². The van der Waals surface area contributed by atoms with Crippen LogP contribution >= 0.6 is 22.7 Å². The molecule has 100 valence electrons. The van der Waals surface area contributed by atoms with Crippen LogP contribution in [-0.4, -0.2) is 27.6 Å². The Morgan fingerprint density at radius 2 is 2.26 bits per heavy atom. The average molecular weight is 295 g/mol. The van der Waals surface area contributed by atoms with E-state index in [0.717, 1.165) is 12.2 Å². The molecule has 0 bridgehead atoms. The molecular formula is C11H13N5OS2. The molecule has 2 aromatic heterocycles. The highest BCUT2D eigenvalue weighted by atomic mass is 32.1. The maximum atomic E-state index is 12.0. The normalized spacial score (nSPS) is 14.4. The molecule has 0 unspecified atom stereocenters. The van der Waals surface area contributed by atoms with Gasteiger partial charge in [-0.05, 0) is 19.8 Å². The molecule has 0 spiro atoms. The second-order valence-electron chi connectivity index (χ2n) is 4.25. The summed E-state index contributed by atoms with van der Waals surface area (Å²) >= 11 is 2.70. The second kappa shape index (κ2) is 5.22. The fourth-order valence-electron chi connectivity index (χ4n) is 1.60. The van der Waals surface area contributed by atoms with E-state index in [4.69, 9.17) is 0 Å². The van der Waals surface area contributed by atoms with Crippen molar-refractivity contribution in [2.24, 2.45) is 0 Å². The first-order valence-electron chi connectivity index (χ1n) is 6.10. The van der Waals surface area contributed by atoms with Crippen LogP contribution in [0.3, 0.4) is 0 Å². The minimum atomic E-state index is -0.252. The number of carbonyl (C=O) groups is 1. The van der Waals surface area contributed by atoms with Gasteiger partial charge in [0.2, 0.25) is 10.1 Å². The molecule has 1 saturated carbocycles. The van der Waals surface area contributed by atoms with Gasteiger partial charge in [-0.3, -0.25) is 10.1 Å². The molecule has 8 heteroatoms. The van der Waals surface area contributed by atoms with Gasteiger partial charge in [0, 0.05) is 17.8 Å². The molecule has 19 heavy (non-hydrogen) atoms. The minimum Gasteiger partial charge on any atom is -0.360 e. The number of anilines is 2. The molecule has 3 rings (SSSR count). The number of hydrogen-bond acceptors (Lipinski definition) is 7. The molecule has 0 aliphatic heterocycles. The number of hydrogen-bond donors (Lipinski definition) is 2. The van der Waals surface area contributed by atoms with Crippen molar-refractivity contribution in [3.8, 4) is 0 Å². The molecule has 0 saturated heterocycles. The van der Waals surface area contributed by atoms with Crippen molar-refractivity contribution in [2.75, 3.05) is 17.2 Å². The zero-order valence-electron chi connectivity index (χ0n) is 10.3. The Balaban J connectivity index is 1.65. The van der Waals surface area contributed by atoms with Gasteiger partial charge in [-0.15, -0.1) is 21.5 Å². The standard InChI is InChI=1S/C11H13N5OS2/c1-2-12-10-16-15-9(19-10)8(17)14-11-13-7(5-18-11)6-3-4-6/h5-6H,2-4H2,1H3,(H,12,16)(H,13,14,17). The van der Waals surface area contributed by atoms with E-state index in [2.05, 4.69) is 25.8 Å². The lowest BCUT2D eigenvalue weighted by Crippen LogP contribution is -2.11. The number of carbonyl (C=O) groups excluding carboxylic acids is 1. The molecule has 1 amide bonds. The zero-order valence-corrected chi connectivity index (χ0v) is 12.0. The molecule has 0 atom stereocenters. The summed E-state index contributed by atoms with van der Waals surface area (Å²) in [6.07, 6.45) is 2.42. The third-order valence-corrected chi connectivity index (χ3v) is 4.34. The van der Waals surface area contributed by atoms with E-state index >= 15 is 0 Å². The summed E-state index contributed by atoms with van der Waals surface area (Å²) in [4.78, 5) is 16.4. The first-order chi connectivity index (χ1) is 9.26. The average Bonchev–Trinajstić information content (AvgIpc) is 2.96. The van der Waals surface area contributed by atoms with Crippen LogP contribution in [-0.2, 0) is 0 Å². The fraction of sp³-hybridized carbons (Fsp3) is 0.455. The lowest BCUT2D eigenvalue weighted by molar-refractivity contribution is 0.102. The summed E-state index contributed by atoms with van der Waals surface area (Å²) in [7, 11) is 0. The number of thiazole rings is 1. The van der Waals surface area contributed by atoms with Gasteiger partial charge in [0.25, 0.3) is 5.91 Å². The van der Waals surface area contributed by atoms with Crippen LogP contribution in [0, 0.1) is 0 Å². The third kappa shape index (κ3) is 2.90. The van der Waals surface area contributed by atoms with Crippen molar-refractivity contribution >= 4 is 38.8 Å².